The molecule has 0 aliphatic carbocycles. The van der Waals surface area contributed by atoms with Crippen molar-refractivity contribution in [1.29, 1.82) is 0 Å². The summed E-state index contributed by atoms with van der Waals surface area (Å²) in [4.78, 5) is 12.4. The van der Waals surface area contributed by atoms with Crippen LogP contribution in [-0.4, -0.2) is 33.5 Å². The van der Waals surface area contributed by atoms with Crippen LogP contribution in [0.1, 0.15) is 30.0 Å². The Morgan fingerprint density at radius 2 is 2.00 bits per heavy atom. The number of hydrogen-bond acceptors (Lipinski definition) is 6. The lowest BCUT2D eigenvalue weighted by atomic mass is 10.1. The van der Waals surface area contributed by atoms with E-state index in [2.05, 4.69) is 15.5 Å². The van der Waals surface area contributed by atoms with Crippen LogP contribution in [0.5, 0.6) is 11.5 Å². The van der Waals surface area contributed by atoms with Gasteiger partial charge in [-0.25, -0.2) is 0 Å². The fourth-order valence-electron chi connectivity index (χ4n) is 3.00. The molecule has 9 heteroatoms. The van der Waals surface area contributed by atoms with Crippen LogP contribution < -0.4 is 14.8 Å². The quantitative estimate of drug-likeness (QED) is 0.478. The first-order valence-corrected chi connectivity index (χ1v) is 11.0. The van der Waals surface area contributed by atoms with Crippen molar-refractivity contribution in [2.24, 2.45) is 7.05 Å². The van der Waals surface area contributed by atoms with Crippen LogP contribution in [0.15, 0.2) is 41.6 Å². The number of rotatable bonds is 8. The van der Waals surface area contributed by atoms with Crippen LogP contribution in [0.4, 0.5) is 5.69 Å². The molecule has 31 heavy (non-hydrogen) atoms. The maximum Gasteiger partial charge on any atom is 0.234 e. The van der Waals surface area contributed by atoms with Gasteiger partial charge in [-0.1, -0.05) is 35.5 Å². The molecule has 164 valence electrons. The summed E-state index contributed by atoms with van der Waals surface area (Å²) in [5.41, 5.74) is 2.79. The SMILES string of the molecule is COc1ccc(Cl)cc1NC(=O)CSc1nnc(C(C)Oc2cccc(C)c2C)n1C. The Bertz CT molecular complexity index is 1090. The zero-order chi connectivity index (χ0) is 22.5. The number of anilines is 1. The molecule has 2 aromatic carbocycles. The normalized spacial score (nSPS) is 11.8. The van der Waals surface area contributed by atoms with E-state index in [4.69, 9.17) is 21.1 Å². The summed E-state index contributed by atoms with van der Waals surface area (Å²) < 4.78 is 13.2. The van der Waals surface area contributed by atoms with Crippen molar-refractivity contribution in [3.63, 3.8) is 0 Å². The molecule has 0 radical (unpaired) electrons. The van der Waals surface area contributed by atoms with Crippen molar-refractivity contribution in [2.75, 3.05) is 18.2 Å². The number of methoxy groups -OCH3 is 1. The molecule has 7 nitrogen and oxygen atoms in total. The number of ether oxygens (including phenoxy) is 2. The van der Waals surface area contributed by atoms with E-state index in [9.17, 15) is 4.79 Å². The van der Waals surface area contributed by atoms with Gasteiger partial charge < -0.3 is 19.4 Å². The highest BCUT2D eigenvalue weighted by Crippen LogP contribution is 2.29. The summed E-state index contributed by atoms with van der Waals surface area (Å²) in [5, 5.41) is 12.4. The molecule has 1 aromatic heterocycles. The molecule has 1 atom stereocenters. The van der Waals surface area contributed by atoms with Gasteiger partial charge in [-0.3, -0.25) is 4.79 Å². The van der Waals surface area contributed by atoms with Gasteiger partial charge in [0, 0.05) is 12.1 Å². The molecule has 0 fully saturated rings. The molecule has 0 spiro atoms. The van der Waals surface area contributed by atoms with Gasteiger partial charge in [0.1, 0.15) is 11.5 Å². The third kappa shape index (κ3) is 5.51. The summed E-state index contributed by atoms with van der Waals surface area (Å²) in [6.45, 7) is 6.01. The predicted molar refractivity (Wildman–Crippen MR) is 123 cm³/mol. The smallest absolute Gasteiger partial charge is 0.234 e. The average molecular weight is 461 g/mol. The number of aryl methyl sites for hydroxylation is 1. The van der Waals surface area contributed by atoms with Crippen molar-refractivity contribution in [2.45, 2.75) is 32.0 Å². The van der Waals surface area contributed by atoms with Crippen molar-refractivity contribution in [1.82, 2.24) is 14.8 Å². The van der Waals surface area contributed by atoms with E-state index in [1.54, 1.807) is 18.2 Å². The number of benzene rings is 2. The van der Waals surface area contributed by atoms with Gasteiger partial charge in [0.15, 0.2) is 17.1 Å². The second-order valence-corrected chi connectivity index (χ2v) is 8.42. The van der Waals surface area contributed by atoms with E-state index in [-0.39, 0.29) is 17.8 Å². The summed E-state index contributed by atoms with van der Waals surface area (Å²) in [7, 11) is 3.40. The highest BCUT2D eigenvalue weighted by atomic mass is 35.5. The Morgan fingerprint density at radius 3 is 2.74 bits per heavy atom. The van der Waals surface area contributed by atoms with Crippen LogP contribution in [-0.2, 0) is 11.8 Å². The maximum atomic E-state index is 12.4. The van der Waals surface area contributed by atoms with E-state index in [0.29, 0.717) is 27.4 Å². The molecule has 0 aliphatic rings. The van der Waals surface area contributed by atoms with Crippen LogP contribution in [0.25, 0.3) is 0 Å². The second kappa shape index (κ2) is 10.1. The summed E-state index contributed by atoms with van der Waals surface area (Å²) in [6, 6.07) is 11.0. The van der Waals surface area contributed by atoms with Crippen LogP contribution >= 0.6 is 23.4 Å². The fourth-order valence-corrected chi connectivity index (χ4v) is 3.89. The first-order chi connectivity index (χ1) is 14.8. The van der Waals surface area contributed by atoms with Crippen LogP contribution in [0, 0.1) is 13.8 Å². The third-order valence-electron chi connectivity index (χ3n) is 4.86. The minimum atomic E-state index is -0.295. The molecule has 1 amide bonds. The Kier molecular flexibility index (Phi) is 7.46. The molecule has 0 aliphatic heterocycles. The molecule has 1 heterocycles. The number of aromatic nitrogens is 3. The minimum Gasteiger partial charge on any atom is -0.495 e. The van der Waals surface area contributed by atoms with Gasteiger partial charge >= 0.3 is 0 Å². The monoisotopic (exact) mass is 460 g/mol. The number of nitrogens with one attached hydrogen (secondary N) is 1. The van der Waals surface area contributed by atoms with E-state index in [1.165, 1.54) is 24.4 Å². The standard InChI is InChI=1S/C22H25ClN4O3S/c1-13-7-6-8-18(14(13)2)30-15(3)21-25-26-22(27(21)4)31-12-20(28)24-17-11-16(23)9-10-19(17)29-5/h6-11,15H,12H2,1-5H3,(H,24,28). The first-order valence-electron chi connectivity index (χ1n) is 9.68. The summed E-state index contributed by atoms with van der Waals surface area (Å²) >= 11 is 7.30. The Morgan fingerprint density at radius 1 is 1.23 bits per heavy atom. The lowest BCUT2D eigenvalue weighted by Crippen LogP contribution is -2.15. The third-order valence-corrected chi connectivity index (χ3v) is 6.11. The van der Waals surface area contributed by atoms with Crippen molar-refractivity contribution >= 4 is 35.0 Å². The lowest BCUT2D eigenvalue weighted by Gasteiger charge is -2.17. The number of carbonyl (C=O) groups is 1. The van der Waals surface area contributed by atoms with Crippen LogP contribution in [0.2, 0.25) is 5.02 Å². The predicted octanol–water partition coefficient (Wildman–Crippen LogP) is 4.96. The van der Waals surface area contributed by atoms with Gasteiger partial charge in [0.2, 0.25) is 5.91 Å². The molecule has 0 saturated carbocycles. The zero-order valence-electron chi connectivity index (χ0n) is 18.1. The summed E-state index contributed by atoms with van der Waals surface area (Å²) in [5.74, 6) is 2.00. The Balaban J connectivity index is 1.63. The van der Waals surface area contributed by atoms with Gasteiger partial charge in [0.25, 0.3) is 0 Å². The zero-order valence-corrected chi connectivity index (χ0v) is 19.7. The number of thioether (sulfide) groups is 1. The molecule has 3 rings (SSSR count). The topological polar surface area (TPSA) is 78.3 Å². The van der Waals surface area contributed by atoms with Crippen molar-refractivity contribution in [3.05, 3.63) is 58.4 Å². The van der Waals surface area contributed by atoms with Crippen molar-refractivity contribution < 1.29 is 14.3 Å². The van der Waals surface area contributed by atoms with E-state index < -0.39 is 0 Å². The number of amides is 1. The molecule has 1 unspecified atom stereocenters. The highest BCUT2D eigenvalue weighted by Gasteiger charge is 2.19. The Hall–Kier alpha value is -2.71. The maximum absolute atomic E-state index is 12.4. The van der Waals surface area contributed by atoms with Gasteiger partial charge in [-0.2, -0.15) is 0 Å². The molecule has 0 saturated heterocycles. The fraction of sp³-hybridized carbons (Fsp3) is 0.318. The number of carbonyl (C=O) groups excluding carboxylic acids is 1. The number of halogens is 1. The van der Waals surface area contributed by atoms with E-state index >= 15 is 0 Å². The summed E-state index contributed by atoms with van der Waals surface area (Å²) in [6.07, 6.45) is -0.295. The second-order valence-electron chi connectivity index (χ2n) is 7.04. The average Bonchev–Trinajstić information content (AvgIpc) is 3.10. The Labute approximate surface area is 191 Å². The number of nitrogens with zero attached hydrogens (tertiary/aromatic N) is 3. The van der Waals surface area contributed by atoms with Gasteiger partial charge in [0.05, 0.1) is 18.6 Å². The first kappa shape index (κ1) is 23.0. The lowest BCUT2D eigenvalue weighted by molar-refractivity contribution is -0.113. The number of hydrogen-bond donors (Lipinski definition) is 1. The largest absolute Gasteiger partial charge is 0.495 e. The molecular formula is C22H25ClN4O3S. The molecule has 1 N–H and O–H groups in total. The van der Waals surface area contributed by atoms with Gasteiger partial charge in [-0.05, 0) is 56.2 Å². The molecular weight excluding hydrogens is 436 g/mol. The minimum absolute atomic E-state index is 0.161. The van der Waals surface area contributed by atoms with E-state index in [1.807, 2.05) is 50.6 Å². The van der Waals surface area contributed by atoms with E-state index in [0.717, 1.165) is 11.3 Å². The molecule has 3 aromatic rings. The molecule has 0 bridgehead atoms. The highest BCUT2D eigenvalue weighted by molar-refractivity contribution is 7.99. The van der Waals surface area contributed by atoms with Crippen molar-refractivity contribution in [3.8, 4) is 11.5 Å². The van der Waals surface area contributed by atoms with Crippen LogP contribution in [0.3, 0.4) is 0 Å². The van der Waals surface area contributed by atoms with Gasteiger partial charge in [-0.15, -0.1) is 10.2 Å².